The zero-order chi connectivity index (χ0) is 26.6. The van der Waals surface area contributed by atoms with Gasteiger partial charge in [-0.1, -0.05) is 12.1 Å². The van der Waals surface area contributed by atoms with Crippen LogP contribution >= 0.6 is 0 Å². The summed E-state index contributed by atoms with van der Waals surface area (Å²) in [6.45, 7) is 6.22. The van der Waals surface area contributed by atoms with Crippen molar-refractivity contribution in [1.82, 2.24) is 15.6 Å². The number of hydrogen-bond acceptors (Lipinski definition) is 6. The minimum atomic E-state index is -0.240. The van der Waals surface area contributed by atoms with Crippen molar-refractivity contribution in [2.24, 2.45) is 0 Å². The van der Waals surface area contributed by atoms with Crippen LogP contribution in [-0.4, -0.2) is 49.0 Å². The molecule has 3 aromatic carbocycles. The second-order valence-corrected chi connectivity index (χ2v) is 9.62. The maximum absolute atomic E-state index is 12.9. The van der Waals surface area contributed by atoms with Crippen LogP contribution in [0.15, 0.2) is 79.0 Å². The zero-order valence-electron chi connectivity index (χ0n) is 21.7. The standard InChI is InChI=1S/C30H31N5O3/c1-19-17-35(18-20(2)33-19)23-9-7-21(8-10-23)29(36)34-28-16-25(13-14-32-28)38-24-11-12-26-22(15-24)5-4-6-27(26)30(37)31-3/h4-16,19-20,33H,17-18H2,1-3H3,(H,31,37)(H,32,34,36). The lowest BCUT2D eigenvalue weighted by Gasteiger charge is -2.37. The van der Waals surface area contributed by atoms with Gasteiger partial charge in [-0.05, 0) is 79.2 Å². The summed E-state index contributed by atoms with van der Waals surface area (Å²) in [6.07, 6.45) is 1.59. The van der Waals surface area contributed by atoms with Gasteiger partial charge in [0.2, 0.25) is 0 Å². The Hall–Kier alpha value is -4.43. The van der Waals surface area contributed by atoms with Crippen LogP contribution < -0.4 is 25.6 Å². The van der Waals surface area contributed by atoms with Crippen molar-refractivity contribution in [1.29, 1.82) is 0 Å². The number of fused-ring (bicyclic) bond motifs is 1. The molecule has 1 aromatic heterocycles. The van der Waals surface area contributed by atoms with Gasteiger partial charge in [0.15, 0.2) is 0 Å². The predicted molar refractivity (Wildman–Crippen MR) is 150 cm³/mol. The number of pyridine rings is 1. The number of rotatable bonds is 6. The van der Waals surface area contributed by atoms with Crippen molar-refractivity contribution >= 4 is 34.1 Å². The highest BCUT2D eigenvalue weighted by atomic mass is 16.5. The van der Waals surface area contributed by atoms with E-state index in [-0.39, 0.29) is 11.8 Å². The minimum Gasteiger partial charge on any atom is -0.457 e. The van der Waals surface area contributed by atoms with E-state index in [9.17, 15) is 9.59 Å². The number of nitrogens with zero attached hydrogens (tertiary/aromatic N) is 2. The van der Waals surface area contributed by atoms with Crippen LogP contribution in [0.25, 0.3) is 10.8 Å². The molecule has 1 aliphatic rings. The Morgan fingerprint density at radius 2 is 1.66 bits per heavy atom. The van der Waals surface area contributed by atoms with Crippen LogP contribution in [0.3, 0.4) is 0 Å². The molecule has 1 saturated heterocycles. The maximum atomic E-state index is 12.9. The number of hydrogen-bond donors (Lipinski definition) is 3. The highest BCUT2D eigenvalue weighted by molar-refractivity contribution is 6.07. The molecular formula is C30H31N5O3. The molecule has 38 heavy (non-hydrogen) atoms. The summed E-state index contributed by atoms with van der Waals surface area (Å²) >= 11 is 0. The molecular weight excluding hydrogens is 478 g/mol. The van der Waals surface area contributed by atoms with Gasteiger partial charge in [-0.3, -0.25) is 9.59 Å². The van der Waals surface area contributed by atoms with Crippen LogP contribution in [0.1, 0.15) is 34.6 Å². The van der Waals surface area contributed by atoms with Gasteiger partial charge in [0.25, 0.3) is 11.8 Å². The molecule has 8 heteroatoms. The number of benzene rings is 3. The molecule has 0 radical (unpaired) electrons. The van der Waals surface area contributed by atoms with Crippen LogP contribution in [-0.2, 0) is 0 Å². The summed E-state index contributed by atoms with van der Waals surface area (Å²) in [7, 11) is 1.61. The van der Waals surface area contributed by atoms with E-state index in [0.29, 0.717) is 40.5 Å². The smallest absolute Gasteiger partial charge is 0.256 e. The Labute approximate surface area is 222 Å². The van der Waals surface area contributed by atoms with Crippen molar-refractivity contribution in [3.63, 3.8) is 0 Å². The predicted octanol–water partition coefficient (Wildman–Crippen LogP) is 4.83. The minimum absolute atomic E-state index is 0.138. The van der Waals surface area contributed by atoms with Crippen LogP contribution in [0, 0.1) is 0 Å². The molecule has 0 saturated carbocycles. The van der Waals surface area contributed by atoms with E-state index in [2.05, 4.69) is 39.7 Å². The Balaban J connectivity index is 1.26. The molecule has 2 unspecified atom stereocenters. The Bertz CT molecular complexity index is 1460. The molecule has 2 heterocycles. The summed E-state index contributed by atoms with van der Waals surface area (Å²) in [5.41, 5.74) is 2.27. The monoisotopic (exact) mass is 509 g/mol. The first-order valence-corrected chi connectivity index (χ1v) is 12.7. The third-order valence-corrected chi connectivity index (χ3v) is 6.58. The average molecular weight is 510 g/mol. The van der Waals surface area contributed by atoms with Crippen molar-refractivity contribution in [2.75, 3.05) is 30.4 Å². The van der Waals surface area contributed by atoms with Crippen molar-refractivity contribution in [3.05, 3.63) is 90.1 Å². The third kappa shape index (κ3) is 5.60. The lowest BCUT2D eigenvalue weighted by Crippen LogP contribution is -2.54. The molecule has 3 N–H and O–H groups in total. The summed E-state index contributed by atoms with van der Waals surface area (Å²) in [6, 6.07) is 23.0. The van der Waals surface area contributed by atoms with E-state index in [1.165, 1.54) is 0 Å². The number of ether oxygens (including phenoxy) is 1. The summed E-state index contributed by atoms with van der Waals surface area (Å²) < 4.78 is 6.04. The van der Waals surface area contributed by atoms with Crippen LogP contribution in [0.4, 0.5) is 11.5 Å². The normalized spacial score (nSPS) is 17.2. The molecule has 1 fully saturated rings. The van der Waals surface area contributed by atoms with Gasteiger partial charge in [-0.2, -0.15) is 0 Å². The fraction of sp³-hybridized carbons (Fsp3) is 0.233. The molecule has 4 aromatic rings. The first kappa shape index (κ1) is 25.2. The van der Waals surface area contributed by atoms with E-state index < -0.39 is 0 Å². The quantitative estimate of drug-likeness (QED) is 0.345. The topological polar surface area (TPSA) is 95.6 Å². The first-order chi connectivity index (χ1) is 18.4. The van der Waals surface area contributed by atoms with Crippen molar-refractivity contribution in [3.8, 4) is 11.5 Å². The highest BCUT2D eigenvalue weighted by Gasteiger charge is 2.21. The summed E-state index contributed by atoms with van der Waals surface area (Å²) in [5.74, 6) is 1.16. The molecule has 2 amide bonds. The largest absolute Gasteiger partial charge is 0.457 e. The molecule has 194 valence electrons. The zero-order valence-corrected chi connectivity index (χ0v) is 21.7. The van der Waals surface area contributed by atoms with Gasteiger partial charge in [0.1, 0.15) is 17.3 Å². The Morgan fingerprint density at radius 3 is 2.39 bits per heavy atom. The van der Waals surface area contributed by atoms with Crippen molar-refractivity contribution in [2.45, 2.75) is 25.9 Å². The Kier molecular flexibility index (Phi) is 7.24. The summed E-state index contributed by atoms with van der Waals surface area (Å²) in [4.78, 5) is 31.6. The first-order valence-electron chi connectivity index (χ1n) is 12.7. The number of anilines is 2. The molecule has 8 nitrogen and oxygen atoms in total. The van der Waals surface area contributed by atoms with Crippen molar-refractivity contribution < 1.29 is 14.3 Å². The molecule has 0 aliphatic carbocycles. The number of aromatic nitrogens is 1. The summed E-state index contributed by atoms with van der Waals surface area (Å²) in [5, 5.41) is 10.8. The van der Waals surface area contributed by atoms with Gasteiger partial charge >= 0.3 is 0 Å². The number of piperazine rings is 1. The van der Waals surface area contributed by atoms with E-state index >= 15 is 0 Å². The SMILES string of the molecule is CNC(=O)c1cccc2cc(Oc3ccnc(NC(=O)c4ccc(N5CC(C)NC(C)C5)cc4)c3)ccc12. The van der Waals surface area contributed by atoms with E-state index in [4.69, 9.17) is 4.74 Å². The van der Waals surface area contributed by atoms with Gasteiger partial charge in [-0.25, -0.2) is 4.98 Å². The number of amides is 2. The molecule has 0 bridgehead atoms. The molecule has 0 spiro atoms. The van der Waals surface area contributed by atoms with Gasteiger partial charge in [0.05, 0.1) is 0 Å². The molecule has 1 aliphatic heterocycles. The lowest BCUT2D eigenvalue weighted by molar-refractivity contribution is 0.0963. The molecule has 5 rings (SSSR count). The van der Waals surface area contributed by atoms with Gasteiger partial charge < -0.3 is 25.6 Å². The Morgan fingerprint density at radius 1 is 0.921 bits per heavy atom. The highest BCUT2D eigenvalue weighted by Crippen LogP contribution is 2.28. The average Bonchev–Trinajstić information content (AvgIpc) is 2.92. The van der Waals surface area contributed by atoms with Crippen LogP contribution in [0.5, 0.6) is 11.5 Å². The molecule has 2 atom stereocenters. The van der Waals surface area contributed by atoms with E-state index in [0.717, 1.165) is 29.5 Å². The van der Waals surface area contributed by atoms with Crippen LogP contribution in [0.2, 0.25) is 0 Å². The lowest BCUT2D eigenvalue weighted by atomic mass is 10.0. The maximum Gasteiger partial charge on any atom is 0.256 e. The fourth-order valence-corrected chi connectivity index (χ4v) is 4.89. The second kappa shape index (κ2) is 10.9. The third-order valence-electron chi connectivity index (χ3n) is 6.58. The fourth-order valence-electron chi connectivity index (χ4n) is 4.89. The van der Waals surface area contributed by atoms with Gasteiger partial charge in [0, 0.05) is 61.3 Å². The number of carbonyl (C=O) groups excluding carboxylic acids is 2. The number of carbonyl (C=O) groups is 2. The van der Waals surface area contributed by atoms with Gasteiger partial charge in [-0.15, -0.1) is 0 Å². The van der Waals surface area contributed by atoms with E-state index in [1.807, 2.05) is 54.6 Å². The second-order valence-electron chi connectivity index (χ2n) is 9.62. The van der Waals surface area contributed by atoms with E-state index in [1.54, 1.807) is 31.4 Å². The number of nitrogens with one attached hydrogen (secondary N) is 3.